The molecule has 7 heteroatoms. The molecule has 2 aliphatic heterocycles. The Morgan fingerprint density at radius 2 is 2.00 bits per heavy atom. The van der Waals surface area contributed by atoms with E-state index in [1.807, 2.05) is 60.5 Å². The number of guanidine groups is 1. The molecule has 0 unspecified atom stereocenters. The minimum atomic E-state index is -0.0259. The Morgan fingerprint density at radius 1 is 1.17 bits per heavy atom. The first-order valence-electron chi connectivity index (χ1n) is 10.3. The van der Waals surface area contributed by atoms with Crippen molar-refractivity contribution in [2.75, 3.05) is 20.2 Å². The SMILES string of the molecule is CN(Cc1ccccc1)C(=O)CCCCOc1ccc2c(c1)N=C1NC(=O)CN1C2. The number of amides is 2. The van der Waals surface area contributed by atoms with Gasteiger partial charge in [0.2, 0.25) is 17.8 Å². The van der Waals surface area contributed by atoms with E-state index in [2.05, 4.69) is 10.3 Å². The largest absolute Gasteiger partial charge is 0.494 e. The molecular formula is C23H26N4O3. The zero-order valence-corrected chi connectivity index (χ0v) is 17.1. The van der Waals surface area contributed by atoms with Gasteiger partial charge in [0.15, 0.2) is 0 Å². The van der Waals surface area contributed by atoms with E-state index in [4.69, 9.17) is 4.74 Å². The fourth-order valence-electron chi connectivity index (χ4n) is 3.62. The first-order chi connectivity index (χ1) is 14.6. The standard InChI is InChI=1S/C23H26N4O3/c1-26(14-17-7-3-2-4-8-17)22(29)9-5-6-12-30-19-11-10-18-15-27-16-21(28)25-23(27)24-20(18)13-19/h2-4,7-8,10-11,13H,5-6,9,12,14-16H2,1H3,(H,24,25,28). The monoisotopic (exact) mass is 406 g/mol. The molecule has 2 heterocycles. The maximum atomic E-state index is 12.3. The third kappa shape index (κ3) is 4.79. The van der Waals surface area contributed by atoms with Gasteiger partial charge in [0.1, 0.15) is 12.3 Å². The number of ether oxygens (including phenoxy) is 1. The molecule has 1 fully saturated rings. The minimum Gasteiger partial charge on any atom is -0.494 e. The summed E-state index contributed by atoms with van der Waals surface area (Å²) in [5, 5.41) is 2.77. The molecule has 2 aliphatic rings. The summed E-state index contributed by atoms with van der Waals surface area (Å²) in [5.41, 5.74) is 3.04. The van der Waals surface area contributed by atoms with Gasteiger partial charge in [0.05, 0.1) is 12.3 Å². The van der Waals surface area contributed by atoms with Gasteiger partial charge in [0, 0.05) is 32.6 Å². The predicted octanol–water partition coefficient (Wildman–Crippen LogP) is 2.83. The highest BCUT2D eigenvalue weighted by Gasteiger charge is 2.29. The van der Waals surface area contributed by atoms with Gasteiger partial charge in [-0.2, -0.15) is 0 Å². The Morgan fingerprint density at radius 3 is 2.83 bits per heavy atom. The lowest BCUT2D eigenvalue weighted by molar-refractivity contribution is -0.130. The van der Waals surface area contributed by atoms with Gasteiger partial charge in [-0.05, 0) is 30.0 Å². The lowest BCUT2D eigenvalue weighted by atomic mass is 10.1. The molecular weight excluding hydrogens is 380 g/mol. The maximum Gasteiger partial charge on any atom is 0.246 e. The summed E-state index contributed by atoms with van der Waals surface area (Å²) in [5.74, 6) is 1.49. The highest BCUT2D eigenvalue weighted by molar-refractivity contribution is 6.05. The molecule has 2 amide bonds. The van der Waals surface area contributed by atoms with Crippen molar-refractivity contribution in [1.82, 2.24) is 15.1 Å². The van der Waals surface area contributed by atoms with E-state index in [1.165, 1.54) is 0 Å². The Balaban J connectivity index is 1.20. The average Bonchev–Trinajstić information content (AvgIpc) is 3.11. The van der Waals surface area contributed by atoms with E-state index in [-0.39, 0.29) is 11.8 Å². The average molecular weight is 406 g/mol. The number of fused-ring (bicyclic) bond motifs is 2. The second-order valence-corrected chi connectivity index (χ2v) is 7.67. The van der Waals surface area contributed by atoms with E-state index in [1.54, 1.807) is 4.90 Å². The Labute approximate surface area is 176 Å². The molecule has 2 aromatic carbocycles. The number of carbonyl (C=O) groups is 2. The Hall–Kier alpha value is -3.35. The summed E-state index contributed by atoms with van der Waals surface area (Å²) in [7, 11) is 1.84. The van der Waals surface area contributed by atoms with Gasteiger partial charge >= 0.3 is 0 Å². The molecule has 7 nitrogen and oxygen atoms in total. The molecule has 4 rings (SSSR count). The molecule has 1 saturated heterocycles. The summed E-state index contributed by atoms with van der Waals surface area (Å²) in [4.78, 5) is 32.0. The van der Waals surface area contributed by atoms with Gasteiger partial charge in [-0.25, -0.2) is 4.99 Å². The number of nitrogens with zero attached hydrogens (tertiary/aromatic N) is 3. The normalized spacial score (nSPS) is 14.5. The first kappa shape index (κ1) is 19.9. The Bertz CT molecular complexity index is 958. The number of benzene rings is 2. The van der Waals surface area contributed by atoms with Crippen molar-refractivity contribution in [2.45, 2.75) is 32.4 Å². The van der Waals surface area contributed by atoms with Crippen LogP contribution in [-0.4, -0.2) is 47.8 Å². The van der Waals surface area contributed by atoms with Crippen LogP contribution in [0.15, 0.2) is 53.5 Å². The van der Waals surface area contributed by atoms with Crippen molar-refractivity contribution in [3.05, 3.63) is 59.7 Å². The summed E-state index contributed by atoms with van der Waals surface area (Å²) in [6, 6.07) is 15.8. The van der Waals surface area contributed by atoms with Gasteiger partial charge in [-0.3, -0.25) is 14.9 Å². The van der Waals surface area contributed by atoms with E-state index < -0.39 is 0 Å². The lowest BCUT2D eigenvalue weighted by Gasteiger charge is -2.23. The zero-order valence-electron chi connectivity index (χ0n) is 17.1. The van der Waals surface area contributed by atoms with Crippen LogP contribution in [0.1, 0.15) is 30.4 Å². The molecule has 1 N–H and O–H groups in total. The third-order valence-corrected chi connectivity index (χ3v) is 5.27. The Kier molecular flexibility index (Phi) is 5.97. The topological polar surface area (TPSA) is 74.2 Å². The zero-order chi connectivity index (χ0) is 20.9. The van der Waals surface area contributed by atoms with Crippen LogP contribution in [0.4, 0.5) is 5.69 Å². The van der Waals surface area contributed by atoms with Gasteiger partial charge < -0.3 is 14.5 Å². The number of unbranched alkanes of at least 4 members (excludes halogenated alkanes) is 1. The summed E-state index contributed by atoms with van der Waals surface area (Å²) in [6.45, 7) is 2.21. The van der Waals surface area contributed by atoms with E-state index >= 15 is 0 Å². The van der Waals surface area contributed by atoms with Crippen LogP contribution in [0.25, 0.3) is 0 Å². The number of nitrogens with one attached hydrogen (secondary N) is 1. The smallest absolute Gasteiger partial charge is 0.246 e. The van der Waals surface area contributed by atoms with E-state index in [9.17, 15) is 9.59 Å². The lowest BCUT2D eigenvalue weighted by Crippen LogP contribution is -2.31. The highest BCUT2D eigenvalue weighted by atomic mass is 16.5. The minimum absolute atomic E-state index is 0.0259. The van der Waals surface area contributed by atoms with Crippen molar-refractivity contribution in [1.29, 1.82) is 0 Å². The fraction of sp³-hybridized carbons (Fsp3) is 0.348. The molecule has 2 aromatic rings. The molecule has 0 aromatic heterocycles. The maximum absolute atomic E-state index is 12.3. The van der Waals surface area contributed by atoms with Crippen molar-refractivity contribution in [3.8, 4) is 5.75 Å². The quantitative estimate of drug-likeness (QED) is 0.684. The third-order valence-electron chi connectivity index (χ3n) is 5.27. The number of hydrogen-bond acceptors (Lipinski definition) is 5. The molecule has 0 spiro atoms. The van der Waals surface area contributed by atoms with E-state index in [0.717, 1.165) is 35.4 Å². The van der Waals surface area contributed by atoms with Crippen LogP contribution < -0.4 is 10.1 Å². The summed E-state index contributed by atoms with van der Waals surface area (Å²) in [6.07, 6.45) is 2.10. The molecule has 0 aliphatic carbocycles. The van der Waals surface area contributed by atoms with Crippen LogP contribution in [0.2, 0.25) is 0 Å². The molecule has 0 saturated carbocycles. The van der Waals surface area contributed by atoms with Crippen molar-refractivity contribution in [2.24, 2.45) is 4.99 Å². The summed E-state index contributed by atoms with van der Waals surface area (Å²) >= 11 is 0. The predicted molar refractivity (Wildman–Crippen MR) is 114 cm³/mol. The van der Waals surface area contributed by atoms with Crippen LogP contribution in [0.3, 0.4) is 0 Å². The number of rotatable bonds is 8. The summed E-state index contributed by atoms with van der Waals surface area (Å²) < 4.78 is 5.85. The van der Waals surface area contributed by atoms with Crippen molar-refractivity contribution < 1.29 is 14.3 Å². The molecule has 156 valence electrons. The second kappa shape index (κ2) is 8.98. The fourth-order valence-corrected chi connectivity index (χ4v) is 3.62. The second-order valence-electron chi connectivity index (χ2n) is 7.67. The molecule has 0 atom stereocenters. The van der Waals surface area contributed by atoms with Gasteiger partial charge in [-0.1, -0.05) is 36.4 Å². The number of hydrogen-bond donors (Lipinski definition) is 1. The van der Waals surface area contributed by atoms with Crippen LogP contribution in [0.5, 0.6) is 5.75 Å². The van der Waals surface area contributed by atoms with Crippen molar-refractivity contribution in [3.63, 3.8) is 0 Å². The van der Waals surface area contributed by atoms with Crippen LogP contribution >= 0.6 is 0 Å². The van der Waals surface area contributed by atoms with E-state index in [0.29, 0.717) is 38.6 Å². The first-order valence-corrected chi connectivity index (χ1v) is 10.3. The van der Waals surface area contributed by atoms with Crippen LogP contribution in [0, 0.1) is 0 Å². The van der Waals surface area contributed by atoms with Gasteiger partial charge in [-0.15, -0.1) is 0 Å². The van der Waals surface area contributed by atoms with Crippen molar-refractivity contribution >= 4 is 23.5 Å². The number of aliphatic imine (C=N–C) groups is 1. The molecule has 30 heavy (non-hydrogen) atoms. The number of carbonyl (C=O) groups excluding carboxylic acids is 2. The molecule has 0 radical (unpaired) electrons. The highest BCUT2D eigenvalue weighted by Crippen LogP contribution is 2.30. The van der Waals surface area contributed by atoms with Crippen LogP contribution in [-0.2, 0) is 22.7 Å². The van der Waals surface area contributed by atoms with Gasteiger partial charge in [0.25, 0.3) is 0 Å². The molecule has 0 bridgehead atoms.